The van der Waals surface area contributed by atoms with E-state index in [0.717, 1.165) is 38.4 Å². The van der Waals surface area contributed by atoms with Gasteiger partial charge in [0.05, 0.1) is 6.54 Å². The van der Waals surface area contributed by atoms with Gasteiger partial charge in [0.15, 0.2) is 0 Å². The number of piperidine rings is 1. The monoisotopic (exact) mass is 199 g/mol. The Bertz CT molecular complexity index is 176. The molecule has 1 fully saturated rings. The van der Waals surface area contributed by atoms with Crippen LogP contribution in [0.25, 0.3) is 0 Å². The first-order chi connectivity index (χ1) is 6.77. The normalized spacial score (nSPS) is 18.6. The fourth-order valence-electron chi connectivity index (χ4n) is 1.94. The summed E-state index contributed by atoms with van der Waals surface area (Å²) in [5, 5.41) is 6.09. The molecule has 1 saturated heterocycles. The lowest BCUT2D eigenvalue weighted by molar-refractivity contribution is -0.131. The molecule has 0 spiro atoms. The molecule has 0 bridgehead atoms. The topological polar surface area (TPSA) is 44.4 Å². The number of likely N-dealkylation sites (N-methyl/N-ethyl adjacent to an activating group) is 1. The van der Waals surface area contributed by atoms with E-state index in [1.807, 2.05) is 19.0 Å². The lowest BCUT2D eigenvalue weighted by Crippen LogP contribution is -2.43. The van der Waals surface area contributed by atoms with Crippen LogP contribution in [0.4, 0.5) is 0 Å². The van der Waals surface area contributed by atoms with E-state index in [4.69, 9.17) is 0 Å². The SMILES string of the molecule is CNCC(=O)N1CCC(CNC)CC1. The van der Waals surface area contributed by atoms with Crippen molar-refractivity contribution < 1.29 is 4.79 Å². The number of nitrogens with zero attached hydrogens (tertiary/aromatic N) is 1. The summed E-state index contributed by atoms with van der Waals surface area (Å²) < 4.78 is 0. The Hall–Kier alpha value is -0.610. The molecule has 4 nitrogen and oxygen atoms in total. The predicted octanol–water partition coefficient (Wildman–Crippen LogP) is -0.336. The van der Waals surface area contributed by atoms with Gasteiger partial charge < -0.3 is 15.5 Å². The number of hydrogen-bond acceptors (Lipinski definition) is 3. The predicted molar refractivity (Wildman–Crippen MR) is 57.2 cm³/mol. The van der Waals surface area contributed by atoms with Crippen LogP contribution in [0.2, 0.25) is 0 Å². The molecule has 1 aliphatic rings. The molecule has 0 aromatic rings. The highest BCUT2D eigenvalue weighted by Crippen LogP contribution is 2.15. The fraction of sp³-hybridized carbons (Fsp3) is 0.900. The maximum Gasteiger partial charge on any atom is 0.236 e. The van der Waals surface area contributed by atoms with Crippen LogP contribution < -0.4 is 10.6 Å². The number of hydrogen-bond donors (Lipinski definition) is 2. The summed E-state index contributed by atoms with van der Waals surface area (Å²) in [6.45, 7) is 3.39. The first-order valence-corrected chi connectivity index (χ1v) is 5.35. The minimum Gasteiger partial charge on any atom is -0.342 e. The molecule has 1 amide bonds. The van der Waals surface area contributed by atoms with Gasteiger partial charge in [0, 0.05) is 13.1 Å². The largest absolute Gasteiger partial charge is 0.342 e. The fourth-order valence-corrected chi connectivity index (χ4v) is 1.94. The Balaban J connectivity index is 2.24. The summed E-state index contributed by atoms with van der Waals surface area (Å²) >= 11 is 0. The van der Waals surface area contributed by atoms with Gasteiger partial charge in [-0.15, -0.1) is 0 Å². The molecule has 0 atom stereocenters. The number of nitrogens with one attached hydrogen (secondary N) is 2. The minimum atomic E-state index is 0.232. The van der Waals surface area contributed by atoms with Crippen molar-refractivity contribution in [2.45, 2.75) is 12.8 Å². The van der Waals surface area contributed by atoms with Gasteiger partial charge in [0.25, 0.3) is 0 Å². The third-order valence-corrected chi connectivity index (χ3v) is 2.79. The quantitative estimate of drug-likeness (QED) is 0.651. The van der Waals surface area contributed by atoms with Crippen molar-refractivity contribution in [2.75, 3.05) is 40.3 Å². The van der Waals surface area contributed by atoms with E-state index in [0.29, 0.717) is 6.54 Å². The van der Waals surface area contributed by atoms with Gasteiger partial charge in [-0.05, 0) is 39.4 Å². The van der Waals surface area contributed by atoms with Gasteiger partial charge in [0.2, 0.25) is 5.91 Å². The van der Waals surface area contributed by atoms with Gasteiger partial charge in [-0.1, -0.05) is 0 Å². The Labute approximate surface area is 86.0 Å². The lowest BCUT2D eigenvalue weighted by Gasteiger charge is -2.31. The summed E-state index contributed by atoms with van der Waals surface area (Å²) in [6.07, 6.45) is 2.27. The van der Waals surface area contributed by atoms with Crippen molar-refractivity contribution in [2.24, 2.45) is 5.92 Å². The van der Waals surface area contributed by atoms with Gasteiger partial charge in [0.1, 0.15) is 0 Å². The van der Waals surface area contributed by atoms with Gasteiger partial charge in [-0.3, -0.25) is 4.79 Å². The number of amides is 1. The summed E-state index contributed by atoms with van der Waals surface area (Å²) in [6, 6.07) is 0. The highest BCUT2D eigenvalue weighted by atomic mass is 16.2. The Kier molecular flexibility index (Phi) is 4.90. The van der Waals surface area contributed by atoms with Crippen LogP contribution in [0, 0.1) is 5.92 Å². The molecule has 82 valence electrons. The first-order valence-electron chi connectivity index (χ1n) is 5.35. The molecule has 1 rings (SSSR count). The smallest absolute Gasteiger partial charge is 0.236 e. The number of carbonyl (C=O) groups excluding carboxylic acids is 1. The summed E-state index contributed by atoms with van der Waals surface area (Å²) in [5.74, 6) is 0.981. The zero-order valence-corrected chi connectivity index (χ0v) is 9.18. The van der Waals surface area contributed by atoms with Crippen LogP contribution in [0.15, 0.2) is 0 Å². The molecule has 0 aromatic carbocycles. The number of carbonyl (C=O) groups is 1. The van der Waals surface area contributed by atoms with Crippen molar-refractivity contribution in [3.8, 4) is 0 Å². The van der Waals surface area contributed by atoms with Crippen LogP contribution in [0.1, 0.15) is 12.8 Å². The highest BCUT2D eigenvalue weighted by Gasteiger charge is 2.21. The van der Waals surface area contributed by atoms with Crippen LogP contribution in [-0.2, 0) is 4.79 Å². The van der Waals surface area contributed by atoms with Crippen LogP contribution in [0.3, 0.4) is 0 Å². The van der Waals surface area contributed by atoms with E-state index in [1.54, 1.807) is 0 Å². The Morgan fingerprint density at radius 1 is 1.29 bits per heavy atom. The molecule has 14 heavy (non-hydrogen) atoms. The molecule has 1 aliphatic heterocycles. The molecule has 4 heteroatoms. The lowest BCUT2D eigenvalue weighted by atomic mass is 9.97. The standard InChI is InChI=1S/C10H21N3O/c1-11-7-9-3-5-13(6-4-9)10(14)8-12-2/h9,11-12H,3-8H2,1-2H3. The Morgan fingerprint density at radius 2 is 1.93 bits per heavy atom. The van der Waals surface area contributed by atoms with E-state index >= 15 is 0 Å². The third kappa shape index (κ3) is 3.27. The van der Waals surface area contributed by atoms with E-state index in [1.165, 1.54) is 0 Å². The molecule has 0 aromatic heterocycles. The van der Waals surface area contributed by atoms with Gasteiger partial charge in [-0.2, -0.15) is 0 Å². The molecule has 0 radical (unpaired) electrons. The molecule has 0 unspecified atom stereocenters. The van der Waals surface area contributed by atoms with E-state index < -0.39 is 0 Å². The molecule has 1 heterocycles. The number of likely N-dealkylation sites (tertiary alicyclic amines) is 1. The van der Waals surface area contributed by atoms with E-state index in [9.17, 15) is 4.79 Å². The molecule has 0 saturated carbocycles. The van der Waals surface area contributed by atoms with Crippen molar-refractivity contribution in [3.05, 3.63) is 0 Å². The zero-order chi connectivity index (χ0) is 10.4. The average molecular weight is 199 g/mol. The van der Waals surface area contributed by atoms with Crippen LogP contribution in [-0.4, -0.2) is 51.1 Å². The van der Waals surface area contributed by atoms with E-state index in [-0.39, 0.29) is 5.91 Å². The maximum absolute atomic E-state index is 11.5. The van der Waals surface area contributed by atoms with Crippen molar-refractivity contribution in [1.29, 1.82) is 0 Å². The summed E-state index contributed by atoms with van der Waals surface area (Å²) in [4.78, 5) is 13.5. The second-order valence-corrected chi connectivity index (χ2v) is 3.91. The van der Waals surface area contributed by atoms with Gasteiger partial charge in [-0.25, -0.2) is 0 Å². The summed E-state index contributed by atoms with van der Waals surface area (Å²) in [7, 11) is 3.80. The number of rotatable bonds is 4. The summed E-state index contributed by atoms with van der Waals surface area (Å²) in [5.41, 5.74) is 0. The maximum atomic E-state index is 11.5. The first kappa shape index (κ1) is 11.5. The second-order valence-electron chi connectivity index (χ2n) is 3.91. The van der Waals surface area contributed by atoms with Crippen molar-refractivity contribution >= 4 is 5.91 Å². The highest BCUT2D eigenvalue weighted by molar-refractivity contribution is 5.78. The third-order valence-electron chi connectivity index (χ3n) is 2.79. The molecule has 2 N–H and O–H groups in total. The molecule has 0 aliphatic carbocycles. The van der Waals surface area contributed by atoms with Gasteiger partial charge >= 0.3 is 0 Å². The molecular formula is C10H21N3O. The van der Waals surface area contributed by atoms with Crippen LogP contribution >= 0.6 is 0 Å². The van der Waals surface area contributed by atoms with E-state index in [2.05, 4.69) is 10.6 Å². The van der Waals surface area contributed by atoms with Crippen molar-refractivity contribution in [3.63, 3.8) is 0 Å². The molecular weight excluding hydrogens is 178 g/mol. The van der Waals surface area contributed by atoms with Crippen molar-refractivity contribution in [1.82, 2.24) is 15.5 Å². The Morgan fingerprint density at radius 3 is 2.43 bits per heavy atom. The average Bonchev–Trinajstić information content (AvgIpc) is 2.20. The minimum absolute atomic E-state index is 0.232. The second kappa shape index (κ2) is 5.98. The zero-order valence-electron chi connectivity index (χ0n) is 9.18. The van der Waals surface area contributed by atoms with Crippen LogP contribution in [0.5, 0.6) is 0 Å².